The standard InChI is InChI=1S/C12H11N3O3S2/c13-11-6-3-9(7-12(11)20(16,17)18)15-14-8-1-4-10(19)5-2-8/h1-7,19H,13H2,(H,16,17,18)/b15-14+. The smallest absolute Gasteiger partial charge is 0.296 e. The Bertz CT molecular complexity index is 756. The summed E-state index contributed by atoms with van der Waals surface area (Å²) in [7, 11) is -4.38. The third kappa shape index (κ3) is 3.56. The number of thiol groups is 1. The van der Waals surface area contributed by atoms with Crippen molar-refractivity contribution >= 4 is 39.8 Å². The van der Waals surface area contributed by atoms with Crippen molar-refractivity contribution in [2.45, 2.75) is 9.79 Å². The summed E-state index contributed by atoms with van der Waals surface area (Å²) in [5.74, 6) is 0. The fraction of sp³-hybridized carbons (Fsp3) is 0. The van der Waals surface area contributed by atoms with Crippen molar-refractivity contribution < 1.29 is 13.0 Å². The molecule has 0 aromatic heterocycles. The number of anilines is 1. The predicted molar refractivity (Wildman–Crippen MR) is 78.5 cm³/mol. The van der Waals surface area contributed by atoms with Gasteiger partial charge in [0, 0.05) is 4.90 Å². The van der Waals surface area contributed by atoms with Crippen molar-refractivity contribution in [2.24, 2.45) is 10.2 Å². The van der Waals surface area contributed by atoms with E-state index in [0.717, 1.165) is 11.0 Å². The Morgan fingerprint density at radius 1 is 1.00 bits per heavy atom. The number of nitrogens with two attached hydrogens (primary N) is 1. The summed E-state index contributed by atoms with van der Waals surface area (Å²) in [6.07, 6.45) is 0. The molecule has 2 aromatic rings. The maximum absolute atomic E-state index is 11.1. The number of hydrogen-bond acceptors (Lipinski definition) is 6. The van der Waals surface area contributed by atoms with E-state index >= 15 is 0 Å². The van der Waals surface area contributed by atoms with Crippen molar-refractivity contribution in [2.75, 3.05) is 5.73 Å². The Hall–Kier alpha value is -1.90. The molecule has 0 aliphatic carbocycles. The third-order valence-corrected chi connectivity index (χ3v) is 3.61. The van der Waals surface area contributed by atoms with E-state index in [0.29, 0.717) is 5.69 Å². The molecule has 0 aliphatic heterocycles. The van der Waals surface area contributed by atoms with E-state index in [4.69, 9.17) is 10.3 Å². The lowest BCUT2D eigenvalue weighted by Gasteiger charge is -2.02. The molecule has 0 saturated heterocycles. The number of rotatable bonds is 3. The largest absolute Gasteiger partial charge is 0.398 e. The highest BCUT2D eigenvalue weighted by Gasteiger charge is 2.14. The molecule has 8 heteroatoms. The average molecular weight is 309 g/mol. The monoisotopic (exact) mass is 309 g/mol. The van der Waals surface area contributed by atoms with Crippen LogP contribution in [0.4, 0.5) is 17.1 Å². The van der Waals surface area contributed by atoms with Crippen LogP contribution in [0.15, 0.2) is 62.5 Å². The van der Waals surface area contributed by atoms with Crippen molar-refractivity contribution in [3.8, 4) is 0 Å². The van der Waals surface area contributed by atoms with Crippen LogP contribution >= 0.6 is 12.6 Å². The van der Waals surface area contributed by atoms with Gasteiger partial charge >= 0.3 is 0 Å². The van der Waals surface area contributed by atoms with Gasteiger partial charge in [0.25, 0.3) is 10.1 Å². The summed E-state index contributed by atoms with van der Waals surface area (Å²) in [6.45, 7) is 0. The molecule has 0 amide bonds. The van der Waals surface area contributed by atoms with Crippen molar-refractivity contribution in [3.63, 3.8) is 0 Å². The Morgan fingerprint density at radius 3 is 2.15 bits per heavy atom. The molecule has 0 bridgehead atoms. The summed E-state index contributed by atoms with van der Waals surface area (Å²) < 4.78 is 31.2. The number of benzene rings is 2. The van der Waals surface area contributed by atoms with Crippen LogP contribution < -0.4 is 5.73 Å². The van der Waals surface area contributed by atoms with Crippen LogP contribution in [-0.4, -0.2) is 13.0 Å². The van der Waals surface area contributed by atoms with E-state index in [1.54, 1.807) is 24.3 Å². The second-order valence-electron chi connectivity index (χ2n) is 3.91. The fourth-order valence-electron chi connectivity index (χ4n) is 1.44. The maximum atomic E-state index is 11.1. The third-order valence-electron chi connectivity index (χ3n) is 2.41. The molecule has 0 spiro atoms. The predicted octanol–water partition coefficient (Wildman–Crippen LogP) is 3.22. The van der Waals surface area contributed by atoms with E-state index in [-0.39, 0.29) is 16.3 Å². The average Bonchev–Trinajstić information content (AvgIpc) is 2.38. The molecule has 6 nitrogen and oxygen atoms in total. The molecular weight excluding hydrogens is 298 g/mol. The fourth-order valence-corrected chi connectivity index (χ4v) is 2.23. The van der Waals surface area contributed by atoms with Gasteiger partial charge in [-0.25, -0.2) is 0 Å². The highest BCUT2D eigenvalue weighted by atomic mass is 32.2. The quantitative estimate of drug-likeness (QED) is 0.350. The maximum Gasteiger partial charge on any atom is 0.296 e. The molecule has 0 aliphatic rings. The van der Waals surface area contributed by atoms with E-state index < -0.39 is 10.1 Å². The molecule has 2 rings (SSSR count). The van der Waals surface area contributed by atoms with Crippen LogP contribution in [0.2, 0.25) is 0 Å². The van der Waals surface area contributed by atoms with Crippen LogP contribution in [0.1, 0.15) is 0 Å². The van der Waals surface area contributed by atoms with Gasteiger partial charge in [-0.1, -0.05) is 0 Å². The summed E-state index contributed by atoms with van der Waals surface area (Å²) >= 11 is 4.15. The minimum Gasteiger partial charge on any atom is -0.398 e. The van der Waals surface area contributed by atoms with Crippen LogP contribution in [0.3, 0.4) is 0 Å². The highest BCUT2D eigenvalue weighted by Crippen LogP contribution is 2.26. The van der Waals surface area contributed by atoms with Crippen molar-refractivity contribution in [1.29, 1.82) is 0 Å². The molecule has 0 fully saturated rings. The number of nitrogens with zero attached hydrogens (tertiary/aromatic N) is 2. The summed E-state index contributed by atoms with van der Waals surface area (Å²) in [4.78, 5) is 0.407. The van der Waals surface area contributed by atoms with Crippen LogP contribution in [0.5, 0.6) is 0 Å². The van der Waals surface area contributed by atoms with Gasteiger partial charge in [0.05, 0.1) is 17.1 Å². The van der Waals surface area contributed by atoms with Gasteiger partial charge in [-0.05, 0) is 42.5 Å². The normalized spacial score (nSPS) is 11.9. The minimum absolute atomic E-state index is 0.0501. The van der Waals surface area contributed by atoms with Crippen LogP contribution in [0, 0.1) is 0 Å². The second kappa shape index (κ2) is 5.61. The van der Waals surface area contributed by atoms with Gasteiger partial charge in [-0.2, -0.15) is 18.6 Å². The Morgan fingerprint density at radius 2 is 1.55 bits per heavy atom. The zero-order valence-corrected chi connectivity index (χ0v) is 11.8. The Balaban J connectivity index is 2.33. The zero-order chi connectivity index (χ0) is 14.8. The first-order chi connectivity index (χ1) is 9.36. The first kappa shape index (κ1) is 14.5. The first-order valence-corrected chi connectivity index (χ1v) is 7.33. The number of azo groups is 1. The number of hydrogen-bond donors (Lipinski definition) is 3. The first-order valence-electron chi connectivity index (χ1n) is 5.44. The lowest BCUT2D eigenvalue weighted by Crippen LogP contribution is -2.02. The van der Waals surface area contributed by atoms with Crippen molar-refractivity contribution in [3.05, 3.63) is 42.5 Å². The molecule has 104 valence electrons. The van der Waals surface area contributed by atoms with Gasteiger partial charge in [0.1, 0.15) is 4.90 Å². The molecule has 0 radical (unpaired) electrons. The van der Waals surface area contributed by atoms with Gasteiger partial charge in [0.15, 0.2) is 0 Å². The topological polar surface area (TPSA) is 105 Å². The molecule has 2 aromatic carbocycles. The Kier molecular flexibility index (Phi) is 4.07. The molecule has 0 heterocycles. The van der Waals surface area contributed by atoms with Crippen LogP contribution in [0.25, 0.3) is 0 Å². The lowest BCUT2D eigenvalue weighted by atomic mass is 10.3. The van der Waals surface area contributed by atoms with Gasteiger partial charge in [0.2, 0.25) is 0 Å². The summed E-state index contributed by atoms with van der Waals surface area (Å²) in [5.41, 5.74) is 6.29. The molecule has 0 saturated carbocycles. The lowest BCUT2D eigenvalue weighted by molar-refractivity contribution is 0.483. The molecule has 0 unspecified atom stereocenters. The number of nitrogen functional groups attached to an aromatic ring is 1. The van der Waals surface area contributed by atoms with E-state index in [1.165, 1.54) is 12.1 Å². The molecular formula is C12H11N3O3S2. The van der Waals surface area contributed by atoms with Gasteiger partial charge < -0.3 is 5.73 Å². The van der Waals surface area contributed by atoms with Crippen LogP contribution in [-0.2, 0) is 10.1 Å². The highest BCUT2D eigenvalue weighted by molar-refractivity contribution is 7.86. The zero-order valence-electron chi connectivity index (χ0n) is 10.1. The summed E-state index contributed by atoms with van der Waals surface area (Å²) in [6, 6.07) is 10.9. The van der Waals surface area contributed by atoms with Gasteiger partial charge in [-0.3, -0.25) is 4.55 Å². The van der Waals surface area contributed by atoms with E-state index in [9.17, 15) is 8.42 Å². The molecule has 3 N–H and O–H groups in total. The second-order valence-corrected chi connectivity index (χ2v) is 5.82. The van der Waals surface area contributed by atoms with Crippen molar-refractivity contribution in [1.82, 2.24) is 0 Å². The minimum atomic E-state index is -4.38. The molecule has 20 heavy (non-hydrogen) atoms. The van der Waals surface area contributed by atoms with E-state index in [1.807, 2.05) is 0 Å². The van der Waals surface area contributed by atoms with E-state index in [2.05, 4.69) is 22.9 Å². The molecule has 0 atom stereocenters. The van der Waals surface area contributed by atoms with Gasteiger partial charge in [-0.15, -0.1) is 12.6 Å². The Labute approximate surface area is 121 Å². The summed E-state index contributed by atoms with van der Waals surface area (Å²) in [5, 5.41) is 7.83. The SMILES string of the molecule is Nc1ccc(/N=N/c2ccc(S)cc2)cc1S(=O)(=O)O.